The third-order valence-corrected chi connectivity index (χ3v) is 3.95. The maximum Gasteiger partial charge on any atom is 0.0995 e. The zero-order valence-electron chi connectivity index (χ0n) is 11.7. The number of likely N-dealkylation sites (N-methyl/N-ethyl adjacent to an activating group) is 1. The molecular weight excluding hydrogens is 238 g/mol. The molecule has 0 amide bonds. The van der Waals surface area contributed by atoms with Gasteiger partial charge in [0.15, 0.2) is 0 Å². The van der Waals surface area contributed by atoms with E-state index < -0.39 is 0 Å². The molecule has 3 unspecified atom stereocenters. The summed E-state index contributed by atoms with van der Waals surface area (Å²) in [6.45, 7) is 3.70. The van der Waals surface area contributed by atoms with Crippen LogP contribution < -0.4 is 5.73 Å². The lowest BCUT2D eigenvalue weighted by Gasteiger charge is -2.30. The highest BCUT2D eigenvalue weighted by atomic mass is 16.5. The lowest BCUT2D eigenvalue weighted by molar-refractivity contribution is 0.0833. The average Bonchev–Trinajstić information content (AvgIpc) is 2.82. The van der Waals surface area contributed by atoms with Crippen LogP contribution in [-0.4, -0.2) is 43.1 Å². The van der Waals surface area contributed by atoms with E-state index in [0.717, 1.165) is 25.1 Å². The van der Waals surface area contributed by atoms with E-state index in [1.54, 1.807) is 0 Å². The minimum Gasteiger partial charge on any atom is -0.387 e. The van der Waals surface area contributed by atoms with Gasteiger partial charge < -0.3 is 10.5 Å². The number of hydrogen-bond donors (Lipinski definition) is 2. The predicted octanol–water partition coefficient (Wildman–Crippen LogP) is 1.82. The SMILES string of the molecule is CC1OCCC1N(C)CC(C(=N)N)c1ccccc1. The van der Waals surface area contributed by atoms with Gasteiger partial charge >= 0.3 is 0 Å². The van der Waals surface area contributed by atoms with Crippen LogP contribution in [0.4, 0.5) is 0 Å². The smallest absolute Gasteiger partial charge is 0.0995 e. The molecule has 1 fully saturated rings. The predicted molar refractivity (Wildman–Crippen MR) is 77.5 cm³/mol. The Morgan fingerprint density at radius 2 is 2.16 bits per heavy atom. The Hall–Kier alpha value is -1.39. The summed E-state index contributed by atoms with van der Waals surface area (Å²) >= 11 is 0. The van der Waals surface area contributed by atoms with Crippen LogP contribution in [0, 0.1) is 5.41 Å². The van der Waals surface area contributed by atoms with Crippen LogP contribution in [0.5, 0.6) is 0 Å². The van der Waals surface area contributed by atoms with E-state index in [1.165, 1.54) is 0 Å². The van der Waals surface area contributed by atoms with Crippen molar-refractivity contribution in [1.82, 2.24) is 4.90 Å². The zero-order chi connectivity index (χ0) is 13.8. The summed E-state index contributed by atoms with van der Waals surface area (Å²) in [6.07, 6.45) is 1.31. The fourth-order valence-electron chi connectivity index (χ4n) is 2.79. The molecule has 19 heavy (non-hydrogen) atoms. The van der Waals surface area contributed by atoms with Gasteiger partial charge in [0.1, 0.15) is 0 Å². The quantitative estimate of drug-likeness (QED) is 0.628. The average molecular weight is 261 g/mol. The molecule has 1 aliphatic rings. The number of nitrogens with one attached hydrogen (secondary N) is 1. The van der Waals surface area contributed by atoms with Gasteiger partial charge in [-0.25, -0.2) is 0 Å². The summed E-state index contributed by atoms with van der Waals surface area (Å²) in [7, 11) is 2.09. The first-order valence-electron chi connectivity index (χ1n) is 6.80. The lowest BCUT2D eigenvalue weighted by Crippen LogP contribution is -2.41. The fraction of sp³-hybridized carbons (Fsp3) is 0.533. The summed E-state index contributed by atoms with van der Waals surface area (Å²) in [6, 6.07) is 10.5. The van der Waals surface area contributed by atoms with E-state index in [1.807, 2.05) is 30.3 Å². The van der Waals surface area contributed by atoms with Crippen molar-refractivity contribution in [3.8, 4) is 0 Å². The van der Waals surface area contributed by atoms with Gasteiger partial charge in [-0.1, -0.05) is 30.3 Å². The van der Waals surface area contributed by atoms with E-state index >= 15 is 0 Å². The first-order chi connectivity index (χ1) is 9.09. The van der Waals surface area contributed by atoms with Crippen LogP contribution in [0.15, 0.2) is 30.3 Å². The van der Waals surface area contributed by atoms with Crippen LogP contribution in [0.3, 0.4) is 0 Å². The van der Waals surface area contributed by atoms with Crippen molar-refractivity contribution in [1.29, 1.82) is 5.41 Å². The maximum absolute atomic E-state index is 7.82. The molecule has 3 N–H and O–H groups in total. The number of rotatable bonds is 5. The van der Waals surface area contributed by atoms with Crippen molar-refractivity contribution in [2.75, 3.05) is 20.2 Å². The second-order valence-electron chi connectivity index (χ2n) is 5.29. The van der Waals surface area contributed by atoms with Gasteiger partial charge in [0.2, 0.25) is 0 Å². The van der Waals surface area contributed by atoms with Crippen LogP contribution in [0.25, 0.3) is 0 Å². The second kappa shape index (κ2) is 6.17. The molecule has 0 bridgehead atoms. The lowest BCUT2D eigenvalue weighted by atomic mass is 9.96. The molecule has 0 saturated carbocycles. The summed E-state index contributed by atoms with van der Waals surface area (Å²) in [5.41, 5.74) is 6.88. The van der Waals surface area contributed by atoms with Crippen molar-refractivity contribution in [3.05, 3.63) is 35.9 Å². The number of ether oxygens (including phenoxy) is 1. The van der Waals surface area contributed by atoms with E-state index in [4.69, 9.17) is 15.9 Å². The Balaban J connectivity index is 2.07. The number of amidine groups is 1. The molecule has 0 aromatic heterocycles. The van der Waals surface area contributed by atoms with E-state index in [0.29, 0.717) is 6.04 Å². The first kappa shape index (κ1) is 14.0. The Kier molecular flexibility index (Phi) is 4.56. The van der Waals surface area contributed by atoms with Gasteiger partial charge in [-0.2, -0.15) is 0 Å². The minimum atomic E-state index is -0.0426. The first-order valence-corrected chi connectivity index (χ1v) is 6.80. The van der Waals surface area contributed by atoms with Crippen molar-refractivity contribution in [3.63, 3.8) is 0 Å². The highest BCUT2D eigenvalue weighted by Gasteiger charge is 2.29. The topological polar surface area (TPSA) is 62.3 Å². The summed E-state index contributed by atoms with van der Waals surface area (Å²) in [5.74, 6) is 0.184. The molecule has 1 aromatic carbocycles. The molecule has 0 spiro atoms. The van der Waals surface area contributed by atoms with E-state index in [-0.39, 0.29) is 17.9 Å². The highest BCUT2D eigenvalue weighted by molar-refractivity contribution is 5.84. The molecule has 0 aliphatic carbocycles. The molecule has 0 radical (unpaired) electrons. The molecule has 1 aliphatic heterocycles. The van der Waals surface area contributed by atoms with Crippen LogP contribution in [0.1, 0.15) is 24.8 Å². The number of nitrogens with two attached hydrogens (primary N) is 1. The van der Waals surface area contributed by atoms with Crippen molar-refractivity contribution in [2.45, 2.75) is 31.4 Å². The van der Waals surface area contributed by atoms with Gasteiger partial charge in [-0.05, 0) is 26.0 Å². The van der Waals surface area contributed by atoms with E-state index in [9.17, 15) is 0 Å². The Morgan fingerprint density at radius 3 is 2.68 bits per heavy atom. The Morgan fingerprint density at radius 1 is 1.47 bits per heavy atom. The van der Waals surface area contributed by atoms with Crippen LogP contribution >= 0.6 is 0 Å². The summed E-state index contributed by atoms with van der Waals surface area (Å²) in [5, 5.41) is 7.82. The summed E-state index contributed by atoms with van der Waals surface area (Å²) in [4.78, 5) is 2.27. The normalized spacial score (nSPS) is 24.6. The maximum atomic E-state index is 7.82. The third-order valence-electron chi connectivity index (χ3n) is 3.95. The van der Waals surface area contributed by atoms with Crippen molar-refractivity contribution >= 4 is 5.84 Å². The molecule has 2 rings (SSSR count). The monoisotopic (exact) mass is 261 g/mol. The standard InChI is InChI=1S/C15H23N3O/c1-11-14(8-9-19-11)18(2)10-13(15(16)17)12-6-4-3-5-7-12/h3-7,11,13-14H,8-10H2,1-2H3,(H3,16,17). The molecule has 104 valence electrons. The molecular formula is C15H23N3O. The number of nitrogens with zero attached hydrogens (tertiary/aromatic N) is 1. The van der Waals surface area contributed by atoms with Gasteiger partial charge in [0.05, 0.1) is 17.9 Å². The van der Waals surface area contributed by atoms with Gasteiger partial charge in [-0.3, -0.25) is 10.3 Å². The fourth-order valence-corrected chi connectivity index (χ4v) is 2.79. The van der Waals surface area contributed by atoms with E-state index in [2.05, 4.69) is 18.9 Å². The highest BCUT2D eigenvalue weighted by Crippen LogP contribution is 2.22. The molecule has 4 heteroatoms. The molecule has 4 nitrogen and oxygen atoms in total. The molecule has 1 saturated heterocycles. The molecule has 1 heterocycles. The van der Waals surface area contributed by atoms with Crippen molar-refractivity contribution < 1.29 is 4.74 Å². The largest absolute Gasteiger partial charge is 0.387 e. The minimum absolute atomic E-state index is 0.0426. The van der Waals surface area contributed by atoms with Crippen molar-refractivity contribution in [2.24, 2.45) is 5.73 Å². The van der Waals surface area contributed by atoms with Gasteiger partial charge in [-0.15, -0.1) is 0 Å². The molecule has 1 aromatic rings. The summed E-state index contributed by atoms with van der Waals surface area (Å²) < 4.78 is 5.61. The van der Waals surface area contributed by atoms with Crippen LogP contribution in [-0.2, 0) is 4.74 Å². The molecule has 3 atom stereocenters. The van der Waals surface area contributed by atoms with Gasteiger partial charge in [0, 0.05) is 19.2 Å². The number of hydrogen-bond acceptors (Lipinski definition) is 3. The third kappa shape index (κ3) is 3.33. The van der Waals surface area contributed by atoms with Crippen LogP contribution in [0.2, 0.25) is 0 Å². The Bertz CT molecular complexity index is 421. The second-order valence-corrected chi connectivity index (χ2v) is 5.29. The zero-order valence-corrected chi connectivity index (χ0v) is 11.7. The number of benzene rings is 1. The van der Waals surface area contributed by atoms with Gasteiger partial charge in [0.25, 0.3) is 0 Å². The Labute approximate surface area is 115 Å².